The highest BCUT2D eigenvalue weighted by Gasteiger charge is 2.46. The lowest BCUT2D eigenvalue weighted by Gasteiger charge is -2.43. The van der Waals surface area contributed by atoms with Gasteiger partial charge in [0.2, 0.25) is 0 Å². The summed E-state index contributed by atoms with van der Waals surface area (Å²) in [4.78, 5) is 0. The van der Waals surface area contributed by atoms with Gasteiger partial charge >= 0.3 is 0 Å². The van der Waals surface area contributed by atoms with Gasteiger partial charge in [-0.2, -0.15) is 0 Å². The summed E-state index contributed by atoms with van der Waals surface area (Å²) in [6, 6.07) is 17.7. The number of benzene rings is 2. The molecule has 0 nitrogen and oxygen atoms in total. The maximum absolute atomic E-state index is 2.75. The van der Waals surface area contributed by atoms with Crippen LogP contribution in [0.25, 0.3) is 12.2 Å². The Labute approximate surface area is 328 Å². The molecule has 0 aliphatic heterocycles. The lowest BCUT2D eigenvalue weighted by atomic mass is 9.63. The second-order valence-electron chi connectivity index (χ2n) is 21.6. The smallest absolute Gasteiger partial charge is 0.0397 e. The van der Waals surface area contributed by atoms with E-state index in [1.54, 1.807) is 33.4 Å². The van der Waals surface area contributed by atoms with E-state index in [1.165, 1.54) is 115 Å². The summed E-state index contributed by atoms with van der Waals surface area (Å²) in [5.74, 6) is 4.72. The first-order valence-corrected chi connectivity index (χ1v) is 24.1. The summed E-state index contributed by atoms with van der Waals surface area (Å²) in [7, 11) is 0.988. The second-order valence-corrected chi connectivity index (χ2v) is 22.9. The maximum atomic E-state index is 2.75. The first-order valence-electron chi connectivity index (χ1n) is 22.7. The zero-order valence-corrected chi connectivity index (χ0v) is 36.3. The summed E-state index contributed by atoms with van der Waals surface area (Å²) in [5, 5.41) is 0. The Morgan fingerprint density at radius 2 is 0.755 bits per heavy atom. The molecule has 0 spiro atoms. The summed E-state index contributed by atoms with van der Waals surface area (Å²) >= 11 is 0. The molecule has 286 valence electrons. The van der Waals surface area contributed by atoms with Crippen molar-refractivity contribution in [3.63, 3.8) is 0 Å². The van der Waals surface area contributed by atoms with E-state index < -0.39 is 0 Å². The highest BCUT2D eigenvalue weighted by Crippen LogP contribution is 2.59. The molecule has 53 heavy (non-hydrogen) atoms. The predicted octanol–water partition coefficient (Wildman–Crippen LogP) is 15.3. The van der Waals surface area contributed by atoms with Crippen molar-refractivity contribution in [1.29, 1.82) is 0 Å². The Balaban J connectivity index is 1.14. The molecule has 2 unspecified atom stereocenters. The predicted molar refractivity (Wildman–Crippen MR) is 231 cm³/mol. The van der Waals surface area contributed by atoms with Crippen LogP contribution in [0.3, 0.4) is 0 Å². The molecule has 0 aromatic heterocycles. The van der Waals surface area contributed by atoms with Crippen LogP contribution in [-0.2, 0) is 10.8 Å². The molecule has 1 heteroatoms. The van der Waals surface area contributed by atoms with Crippen LogP contribution >= 0.6 is 0 Å². The quantitative estimate of drug-likeness (QED) is 0.238. The van der Waals surface area contributed by atoms with Crippen LogP contribution in [0, 0.1) is 34.5 Å². The zero-order chi connectivity index (χ0) is 37.2. The van der Waals surface area contributed by atoms with Crippen LogP contribution in [0.2, 0.25) is 12.1 Å². The minimum Gasteiger partial charge on any atom is -0.0625 e. The zero-order valence-electron chi connectivity index (χ0n) is 35.3. The first kappa shape index (κ1) is 38.0. The van der Waals surface area contributed by atoms with Gasteiger partial charge in [-0.25, -0.2) is 0 Å². The third-order valence-electron chi connectivity index (χ3n) is 17.3. The Hall–Kier alpha value is -1.86. The van der Waals surface area contributed by atoms with Crippen molar-refractivity contribution in [3.05, 3.63) is 80.9 Å². The van der Waals surface area contributed by atoms with Gasteiger partial charge in [-0.05, 0) is 181 Å². The van der Waals surface area contributed by atoms with Gasteiger partial charge in [0.05, 0.1) is 0 Å². The normalized spacial score (nSPS) is 40.0. The third kappa shape index (κ3) is 7.08. The van der Waals surface area contributed by atoms with Gasteiger partial charge in [0.15, 0.2) is 0 Å². The van der Waals surface area contributed by atoms with Gasteiger partial charge in [-0.15, -0.1) is 0 Å². The molecular formula is C52H74Si. The van der Waals surface area contributed by atoms with Crippen LogP contribution in [0.15, 0.2) is 47.5 Å². The van der Waals surface area contributed by atoms with Crippen molar-refractivity contribution in [1.82, 2.24) is 0 Å². The van der Waals surface area contributed by atoms with Crippen molar-refractivity contribution < 1.29 is 0 Å². The molecule has 0 N–H and O–H groups in total. The fraction of sp³-hybridized carbons (Fsp3) is 0.692. The van der Waals surface area contributed by atoms with Crippen molar-refractivity contribution in [2.75, 3.05) is 0 Å². The molecule has 0 amide bonds. The first-order chi connectivity index (χ1) is 25.3. The van der Waals surface area contributed by atoms with Crippen LogP contribution in [0.1, 0.15) is 203 Å². The van der Waals surface area contributed by atoms with Gasteiger partial charge in [0.25, 0.3) is 0 Å². The van der Waals surface area contributed by atoms with Gasteiger partial charge < -0.3 is 0 Å². The summed E-state index contributed by atoms with van der Waals surface area (Å²) in [6.45, 7) is 20.6. The monoisotopic (exact) mass is 727 g/mol. The van der Waals surface area contributed by atoms with E-state index >= 15 is 0 Å². The van der Waals surface area contributed by atoms with E-state index in [9.17, 15) is 0 Å². The third-order valence-corrected chi connectivity index (χ3v) is 18.6. The molecular weight excluding hydrogens is 653 g/mol. The Bertz CT molecular complexity index is 1560. The summed E-state index contributed by atoms with van der Waals surface area (Å²) in [6.07, 6.45) is 27.5. The lowest BCUT2D eigenvalue weighted by molar-refractivity contribution is 0.212. The van der Waals surface area contributed by atoms with Gasteiger partial charge in [0, 0.05) is 21.4 Å². The van der Waals surface area contributed by atoms with Crippen LogP contribution in [0.4, 0.5) is 0 Å². The molecule has 2 aromatic carbocycles. The minimum absolute atomic E-state index is 0.319. The number of fused-ring (bicyclic) bond motifs is 2. The fourth-order valence-corrected chi connectivity index (χ4v) is 14.4. The van der Waals surface area contributed by atoms with E-state index in [0.717, 1.165) is 33.2 Å². The molecule has 2 radical (unpaired) electrons. The highest BCUT2D eigenvalue weighted by atomic mass is 28.2. The van der Waals surface area contributed by atoms with E-state index in [2.05, 4.69) is 104 Å². The molecule has 8 rings (SSSR count). The lowest BCUT2D eigenvalue weighted by Crippen LogP contribution is -2.32. The molecule has 2 aromatic rings. The Kier molecular flexibility index (Phi) is 10.5. The molecule has 0 heterocycles. The Morgan fingerprint density at radius 3 is 1.08 bits per heavy atom. The minimum atomic E-state index is 0.319. The second kappa shape index (κ2) is 14.6. The summed E-state index contributed by atoms with van der Waals surface area (Å²) < 4.78 is 0. The van der Waals surface area contributed by atoms with Crippen LogP contribution in [-0.4, -0.2) is 9.52 Å². The molecule has 0 saturated heterocycles. The number of hydrogen-bond acceptors (Lipinski definition) is 0. The molecule has 4 saturated carbocycles. The van der Waals surface area contributed by atoms with Crippen molar-refractivity contribution in [2.24, 2.45) is 34.5 Å². The van der Waals surface area contributed by atoms with E-state index in [-0.39, 0.29) is 0 Å². The number of allylic oxidation sites excluding steroid dienone is 2. The molecule has 6 aliphatic rings. The average Bonchev–Trinajstić information content (AvgIpc) is 3.73. The molecule has 6 aliphatic carbocycles. The highest BCUT2D eigenvalue weighted by molar-refractivity contribution is 6.36. The topological polar surface area (TPSA) is 0 Å². The van der Waals surface area contributed by atoms with E-state index in [0.29, 0.717) is 33.5 Å². The SMILES string of the molecule is CC1CCC(C)(C2=Cc3cccc(C4(C)CCC(C)CC4)c3C2C[Si]CC2C(C3(C)CCC(C)CC3)=Cc3cccc(C4(C)CCC(C)CC4)c32)CC1. The van der Waals surface area contributed by atoms with E-state index in [1.807, 2.05) is 11.1 Å². The van der Waals surface area contributed by atoms with Gasteiger partial charge in [0.1, 0.15) is 0 Å². The van der Waals surface area contributed by atoms with Crippen molar-refractivity contribution in [3.8, 4) is 0 Å². The molecule has 4 fully saturated rings. The van der Waals surface area contributed by atoms with E-state index in [4.69, 9.17) is 0 Å². The largest absolute Gasteiger partial charge is 0.0625 e. The van der Waals surface area contributed by atoms with Gasteiger partial charge in [-0.1, -0.05) is 127 Å². The maximum Gasteiger partial charge on any atom is 0.0397 e. The molecule has 0 bridgehead atoms. The van der Waals surface area contributed by atoms with Crippen LogP contribution < -0.4 is 0 Å². The fourth-order valence-electron chi connectivity index (χ4n) is 12.8. The van der Waals surface area contributed by atoms with Crippen molar-refractivity contribution >= 4 is 21.7 Å². The average molecular weight is 727 g/mol. The number of rotatable bonds is 8. The summed E-state index contributed by atoms with van der Waals surface area (Å²) in [5.41, 5.74) is 15.2. The van der Waals surface area contributed by atoms with Crippen LogP contribution in [0.5, 0.6) is 0 Å². The molecule has 2 atom stereocenters. The van der Waals surface area contributed by atoms with Gasteiger partial charge in [-0.3, -0.25) is 0 Å². The Morgan fingerprint density at radius 1 is 0.453 bits per heavy atom. The number of hydrogen-bond donors (Lipinski definition) is 0. The van der Waals surface area contributed by atoms with Crippen molar-refractivity contribution in [2.45, 2.75) is 193 Å². The standard InChI is InChI=1S/C52H74Si/c1-35-15-23-49(5,24-16-35)43-13-9-11-39-31-45(51(7)27-19-37(3)20-28-51)41(47(39)43)33-53-34-42-46(52(8)29-21-38(4)22-30-52)32-40-12-10-14-44(48(40)42)50(6)25-17-36(2)18-26-50/h9-14,31-32,35-38,41-42H,15-30,33-34H2,1-8H3.